The number of pyridine rings is 1. The van der Waals surface area contributed by atoms with Crippen LogP contribution in [0.2, 0.25) is 0 Å². The molecule has 0 radical (unpaired) electrons. The van der Waals surface area contributed by atoms with E-state index in [4.69, 9.17) is 4.52 Å². The van der Waals surface area contributed by atoms with Gasteiger partial charge in [0, 0.05) is 55.3 Å². The second kappa shape index (κ2) is 6.98. The maximum Gasteiger partial charge on any atom is 0.274 e. The molecule has 3 aromatic rings. The van der Waals surface area contributed by atoms with Crippen LogP contribution in [0.15, 0.2) is 35.1 Å². The van der Waals surface area contributed by atoms with E-state index in [1.807, 2.05) is 32.0 Å². The fourth-order valence-corrected chi connectivity index (χ4v) is 3.78. The van der Waals surface area contributed by atoms with Crippen LogP contribution in [0.25, 0.3) is 11.1 Å². The first-order valence-corrected chi connectivity index (χ1v) is 9.21. The molecular weight excluding hydrogens is 342 g/mol. The fraction of sp³-hybridized carbons (Fsp3) is 0.400. The summed E-state index contributed by atoms with van der Waals surface area (Å²) in [4.78, 5) is 19.3. The highest BCUT2D eigenvalue weighted by Crippen LogP contribution is 2.30. The van der Waals surface area contributed by atoms with Crippen molar-refractivity contribution < 1.29 is 9.32 Å². The number of amides is 1. The van der Waals surface area contributed by atoms with Gasteiger partial charge < -0.3 is 9.42 Å². The highest BCUT2D eigenvalue weighted by molar-refractivity contribution is 5.92. The van der Waals surface area contributed by atoms with Gasteiger partial charge in [-0.2, -0.15) is 5.10 Å². The Hall–Kier alpha value is -2.96. The summed E-state index contributed by atoms with van der Waals surface area (Å²) in [5.41, 5.74) is 4.40. The van der Waals surface area contributed by atoms with Crippen LogP contribution in [0.5, 0.6) is 0 Å². The third kappa shape index (κ3) is 3.37. The molecule has 0 saturated carbocycles. The number of carbonyl (C=O) groups excluding carboxylic acids is 1. The Kier molecular flexibility index (Phi) is 4.51. The zero-order valence-corrected chi connectivity index (χ0v) is 15.8. The molecule has 1 fully saturated rings. The Balaban J connectivity index is 1.51. The molecular formula is C20H23N5O2. The minimum absolute atomic E-state index is 0.00681. The third-order valence-corrected chi connectivity index (χ3v) is 5.17. The molecule has 1 atom stereocenters. The van der Waals surface area contributed by atoms with Crippen LogP contribution in [0.4, 0.5) is 0 Å². The summed E-state index contributed by atoms with van der Waals surface area (Å²) in [6.07, 6.45) is 5.67. The van der Waals surface area contributed by atoms with Gasteiger partial charge in [0.15, 0.2) is 0 Å². The van der Waals surface area contributed by atoms with Gasteiger partial charge in [-0.3, -0.25) is 14.5 Å². The molecule has 0 aromatic carbocycles. The van der Waals surface area contributed by atoms with E-state index in [0.29, 0.717) is 12.2 Å². The Morgan fingerprint density at radius 1 is 1.26 bits per heavy atom. The lowest BCUT2D eigenvalue weighted by atomic mass is 9.93. The van der Waals surface area contributed by atoms with E-state index >= 15 is 0 Å². The summed E-state index contributed by atoms with van der Waals surface area (Å²) in [6.45, 7) is 5.28. The molecule has 0 bridgehead atoms. The summed E-state index contributed by atoms with van der Waals surface area (Å²) < 4.78 is 6.91. The molecule has 3 aromatic heterocycles. The van der Waals surface area contributed by atoms with Crippen molar-refractivity contribution in [3.05, 3.63) is 53.4 Å². The van der Waals surface area contributed by atoms with Gasteiger partial charge in [-0.05, 0) is 38.8 Å². The Morgan fingerprint density at radius 2 is 2.11 bits per heavy atom. The van der Waals surface area contributed by atoms with Gasteiger partial charge >= 0.3 is 0 Å². The average Bonchev–Trinajstić information content (AvgIpc) is 3.27. The molecule has 4 rings (SSSR count). The minimum atomic E-state index is -0.00681. The molecule has 0 aliphatic carbocycles. The number of rotatable bonds is 3. The predicted octanol–water partition coefficient (Wildman–Crippen LogP) is 3.11. The number of likely N-dealkylation sites (tertiary alicyclic amines) is 1. The Labute approximate surface area is 158 Å². The van der Waals surface area contributed by atoms with E-state index < -0.39 is 0 Å². The maximum atomic E-state index is 12.7. The molecule has 1 saturated heterocycles. The molecule has 7 heteroatoms. The predicted molar refractivity (Wildman–Crippen MR) is 100 cm³/mol. The van der Waals surface area contributed by atoms with E-state index in [0.717, 1.165) is 47.7 Å². The molecule has 0 N–H and O–H groups in total. The summed E-state index contributed by atoms with van der Waals surface area (Å²) >= 11 is 0. The number of hydrogen-bond acceptors (Lipinski definition) is 5. The van der Waals surface area contributed by atoms with Crippen LogP contribution in [0.3, 0.4) is 0 Å². The number of aryl methyl sites for hydroxylation is 3. The van der Waals surface area contributed by atoms with Gasteiger partial charge in [0.1, 0.15) is 11.5 Å². The standard InChI is InChI=1S/C20H23N5O2/c1-13-19(14(2)27-23-13)15-6-7-17(21-11-15)16-5-4-9-25(12-16)20(26)18-8-10-24(3)22-18/h6-8,10-11,16H,4-5,9,12H2,1-3H3/t16-/m0/s1. The molecule has 4 heterocycles. The first kappa shape index (κ1) is 17.5. The van der Waals surface area contributed by atoms with E-state index in [1.165, 1.54) is 0 Å². The summed E-state index contributed by atoms with van der Waals surface area (Å²) in [7, 11) is 1.82. The smallest absolute Gasteiger partial charge is 0.274 e. The maximum absolute atomic E-state index is 12.7. The van der Waals surface area contributed by atoms with E-state index in [-0.39, 0.29) is 11.8 Å². The quantitative estimate of drug-likeness (QED) is 0.713. The number of piperidine rings is 1. The monoisotopic (exact) mass is 365 g/mol. The summed E-state index contributed by atoms with van der Waals surface area (Å²) in [5, 5.41) is 8.25. The fourth-order valence-electron chi connectivity index (χ4n) is 3.78. The first-order chi connectivity index (χ1) is 13.0. The SMILES string of the molecule is Cc1noc(C)c1-c1ccc([C@H]2CCCN(C(=O)c3ccn(C)n3)C2)nc1. The van der Waals surface area contributed by atoms with Crippen LogP contribution >= 0.6 is 0 Å². The number of aromatic nitrogens is 4. The molecule has 7 nitrogen and oxygen atoms in total. The summed E-state index contributed by atoms with van der Waals surface area (Å²) in [6, 6.07) is 5.89. The molecule has 27 heavy (non-hydrogen) atoms. The molecule has 0 unspecified atom stereocenters. The number of nitrogens with zero attached hydrogens (tertiary/aromatic N) is 5. The highest BCUT2D eigenvalue weighted by Gasteiger charge is 2.27. The molecule has 1 aliphatic heterocycles. The molecule has 0 spiro atoms. The zero-order chi connectivity index (χ0) is 19.0. The van der Waals surface area contributed by atoms with Crippen molar-refractivity contribution in [2.24, 2.45) is 7.05 Å². The second-order valence-corrected chi connectivity index (χ2v) is 7.14. The van der Waals surface area contributed by atoms with Crippen LogP contribution in [0.1, 0.15) is 46.4 Å². The molecule has 140 valence electrons. The van der Waals surface area contributed by atoms with Gasteiger partial charge in [-0.15, -0.1) is 0 Å². The lowest BCUT2D eigenvalue weighted by Crippen LogP contribution is -2.39. The lowest BCUT2D eigenvalue weighted by Gasteiger charge is -2.32. The molecule has 1 aliphatic rings. The third-order valence-electron chi connectivity index (χ3n) is 5.17. The van der Waals surface area contributed by atoms with Crippen molar-refractivity contribution in [3.63, 3.8) is 0 Å². The van der Waals surface area contributed by atoms with Gasteiger partial charge in [-0.25, -0.2) is 0 Å². The minimum Gasteiger partial charge on any atom is -0.361 e. The van der Waals surface area contributed by atoms with E-state index in [1.54, 1.807) is 16.9 Å². The van der Waals surface area contributed by atoms with E-state index in [2.05, 4.69) is 27.4 Å². The second-order valence-electron chi connectivity index (χ2n) is 7.14. The topological polar surface area (TPSA) is 77.0 Å². The van der Waals surface area contributed by atoms with Gasteiger partial charge in [-0.1, -0.05) is 11.2 Å². The van der Waals surface area contributed by atoms with Crippen LogP contribution < -0.4 is 0 Å². The van der Waals surface area contributed by atoms with Crippen molar-refractivity contribution in [1.82, 2.24) is 24.8 Å². The van der Waals surface area contributed by atoms with Crippen LogP contribution in [-0.4, -0.2) is 43.8 Å². The molecule has 1 amide bonds. The highest BCUT2D eigenvalue weighted by atomic mass is 16.5. The van der Waals surface area contributed by atoms with Crippen molar-refractivity contribution in [3.8, 4) is 11.1 Å². The van der Waals surface area contributed by atoms with Crippen LogP contribution in [-0.2, 0) is 7.05 Å². The van der Waals surface area contributed by atoms with Crippen LogP contribution in [0, 0.1) is 13.8 Å². The van der Waals surface area contributed by atoms with Gasteiger partial charge in [0.2, 0.25) is 0 Å². The average molecular weight is 365 g/mol. The Morgan fingerprint density at radius 3 is 2.74 bits per heavy atom. The van der Waals surface area contributed by atoms with Crippen molar-refractivity contribution >= 4 is 5.91 Å². The van der Waals surface area contributed by atoms with E-state index in [9.17, 15) is 4.79 Å². The van der Waals surface area contributed by atoms with Crippen molar-refractivity contribution in [1.29, 1.82) is 0 Å². The first-order valence-electron chi connectivity index (χ1n) is 9.21. The van der Waals surface area contributed by atoms with Gasteiger partial charge in [0.05, 0.1) is 5.69 Å². The number of hydrogen-bond donors (Lipinski definition) is 0. The number of carbonyl (C=O) groups is 1. The normalized spacial score (nSPS) is 17.3. The lowest BCUT2D eigenvalue weighted by molar-refractivity contribution is 0.0699. The van der Waals surface area contributed by atoms with Gasteiger partial charge in [0.25, 0.3) is 5.91 Å². The van der Waals surface area contributed by atoms with Crippen molar-refractivity contribution in [2.45, 2.75) is 32.6 Å². The largest absolute Gasteiger partial charge is 0.361 e. The summed E-state index contributed by atoms with van der Waals surface area (Å²) in [5.74, 6) is 1.03. The Bertz CT molecular complexity index is 938. The zero-order valence-electron chi connectivity index (χ0n) is 15.8. The van der Waals surface area contributed by atoms with Crippen molar-refractivity contribution in [2.75, 3.05) is 13.1 Å².